The molecule has 0 spiro atoms. The van der Waals surface area contributed by atoms with Crippen molar-refractivity contribution in [3.8, 4) is 16.9 Å². The highest BCUT2D eigenvalue weighted by atomic mass is 32.9. The summed E-state index contributed by atoms with van der Waals surface area (Å²) in [5, 5.41) is 0. The monoisotopic (exact) mass is 586 g/mol. The molecule has 0 fully saturated rings. The first kappa shape index (κ1) is 26.6. The van der Waals surface area contributed by atoms with E-state index in [1.54, 1.807) is 39.5 Å². The van der Waals surface area contributed by atoms with Crippen LogP contribution in [0.15, 0.2) is 72.8 Å². The second-order valence-electron chi connectivity index (χ2n) is 10.2. The number of nitrogens with zero attached hydrogens (tertiary/aromatic N) is 2. The summed E-state index contributed by atoms with van der Waals surface area (Å²) < 4.78 is 6.56. The van der Waals surface area contributed by atoms with Crippen LogP contribution in [0.3, 0.4) is 0 Å². The fraction of sp³-hybridized carbons (Fsp3) is 0.226. The summed E-state index contributed by atoms with van der Waals surface area (Å²) in [4.78, 5) is 46.1. The number of hydrogen-bond donors (Lipinski definition) is 0. The lowest BCUT2D eigenvalue weighted by molar-refractivity contribution is -0.123. The highest BCUT2D eigenvalue weighted by Crippen LogP contribution is 2.53. The Morgan fingerprint density at radius 2 is 1.57 bits per heavy atom. The summed E-state index contributed by atoms with van der Waals surface area (Å²) in [7, 11) is 3.06. The molecular formula is C31H26N2O4S3. The molecule has 2 aliphatic rings. The summed E-state index contributed by atoms with van der Waals surface area (Å²) in [5.41, 5.74) is 3.14. The molecule has 0 N–H and O–H groups in total. The largest absolute Gasteiger partial charge is 0.494 e. The smallest absolute Gasteiger partial charge is 0.262 e. The number of rotatable bonds is 6. The topological polar surface area (TPSA) is 66.9 Å². The summed E-state index contributed by atoms with van der Waals surface area (Å²) in [6, 6.07) is 20.8. The zero-order valence-corrected chi connectivity index (χ0v) is 24.6. The molecule has 6 nitrogen and oxygen atoms in total. The third kappa shape index (κ3) is 4.11. The second kappa shape index (κ2) is 10.1. The van der Waals surface area contributed by atoms with Crippen LogP contribution in [0.25, 0.3) is 11.1 Å². The fourth-order valence-corrected chi connectivity index (χ4v) is 8.91. The van der Waals surface area contributed by atoms with Crippen LogP contribution in [0.4, 0.5) is 5.69 Å². The number of amides is 3. The van der Waals surface area contributed by atoms with Crippen LogP contribution < -0.4 is 9.64 Å². The molecule has 0 aliphatic carbocycles. The van der Waals surface area contributed by atoms with Gasteiger partial charge in [-0.25, -0.2) is 0 Å². The van der Waals surface area contributed by atoms with Gasteiger partial charge in [-0.15, -0.1) is 0 Å². The quantitative estimate of drug-likeness (QED) is 0.137. The number of fused-ring (bicyclic) bond motifs is 4. The minimum atomic E-state index is -1.05. The first-order valence-electron chi connectivity index (χ1n) is 13.0. The van der Waals surface area contributed by atoms with Gasteiger partial charge in [0.2, 0.25) is 0 Å². The van der Waals surface area contributed by atoms with Gasteiger partial charge >= 0.3 is 0 Å². The molecule has 0 saturated carbocycles. The molecule has 202 valence electrons. The van der Waals surface area contributed by atoms with E-state index in [-0.39, 0.29) is 12.3 Å². The number of hydrogen-bond acceptors (Lipinski definition) is 7. The number of benzene rings is 3. The second-order valence-corrected chi connectivity index (χ2v) is 13.1. The van der Waals surface area contributed by atoms with Crippen LogP contribution >= 0.6 is 32.9 Å². The van der Waals surface area contributed by atoms with Gasteiger partial charge in [0, 0.05) is 17.5 Å². The van der Waals surface area contributed by atoms with Gasteiger partial charge in [0.25, 0.3) is 17.7 Å². The third-order valence-electron chi connectivity index (χ3n) is 7.45. The predicted octanol–water partition coefficient (Wildman–Crippen LogP) is 7.09. The molecule has 3 heterocycles. The average Bonchev–Trinajstić information content (AvgIpc) is 3.46. The molecule has 6 rings (SSSR count). The minimum absolute atomic E-state index is 0.191. The molecule has 1 atom stereocenters. The van der Waals surface area contributed by atoms with E-state index in [9.17, 15) is 14.4 Å². The Balaban J connectivity index is 1.51. The number of ether oxygens (including phenoxy) is 1. The Morgan fingerprint density at radius 3 is 2.23 bits per heavy atom. The first-order chi connectivity index (χ1) is 19.2. The summed E-state index contributed by atoms with van der Waals surface area (Å²) in [6.07, 6.45) is 0.191. The maximum Gasteiger partial charge on any atom is 0.262 e. The van der Waals surface area contributed by atoms with E-state index in [1.807, 2.05) is 69.3 Å². The SMILES string of the molecule is CCOc1ccc2c(c1)-c1c(ssc1=S)C(C)(C)N2C(=O)[C@H](Cc1ccccc1)N1C(=O)c2ccccc2C1=O. The van der Waals surface area contributed by atoms with Gasteiger partial charge in [-0.05, 0) is 56.7 Å². The summed E-state index contributed by atoms with van der Waals surface area (Å²) in [5.74, 6) is -0.554. The molecule has 0 bridgehead atoms. The van der Waals surface area contributed by atoms with Crippen LogP contribution in [-0.2, 0) is 16.8 Å². The van der Waals surface area contributed by atoms with Crippen LogP contribution in [0.2, 0.25) is 0 Å². The van der Waals surface area contributed by atoms with E-state index in [4.69, 9.17) is 17.0 Å². The standard InChI is InChI=1S/C31H26N2O4S3/c1-4-37-19-14-15-23-22(17-19)25-26(39-40-30(25)38)31(2,3)33(23)29(36)24(16-18-10-6-5-7-11-18)32-27(34)20-12-8-9-13-21(20)28(32)35/h5-15,17,24H,4,16H2,1-3H3/t24-/m0/s1. The number of carbonyl (C=O) groups is 3. The Kier molecular flexibility index (Phi) is 6.68. The van der Waals surface area contributed by atoms with Crippen LogP contribution in [0.5, 0.6) is 5.75 Å². The third-order valence-corrected chi connectivity index (χ3v) is 10.8. The van der Waals surface area contributed by atoms with Gasteiger partial charge in [-0.1, -0.05) is 75.4 Å². The maximum atomic E-state index is 14.9. The number of carbonyl (C=O) groups excluding carboxylic acids is 3. The van der Waals surface area contributed by atoms with Gasteiger partial charge in [0.1, 0.15) is 15.6 Å². The van der Waals surface area contributed by atoms with E-state index in [1.165, 1.54) is 10.3 Å². The van der Waals surface area contributed by atoms with Crippen LogP contribution in [0, 0.1) is 3.82 Å². The van der Waals surface area contributed by atoms with Gasteiger partial charge in [0.15, 0.2) is 0 Å². The first-order valence-corrected chi connectivity index (χ1v) is 15.6. The molecule has 9 heteroatoms. The molecule has 3 amide bonds. The average molecular weight is 587 g/mol. The lowest BCUT2D eigenvalue weighted by Crippen LogP contribution is -2.57. The molecule has 1 aromatic heterocycles. The highest BCUT2D eigenvalue weighted by molar-refractivity contribution is 7.80. The van der Waals surface area contributed by atoms with E-state index in [0.717, 1.165) is 30.3 Å². The zero-order chi connectivity index (χ0) is 28.2. The summed E-state index contributed by atoms with van der Waals surface area (Å²) in [6.45, 7) is 6.41. The van der Waals surface area contributed by atoms with Crippen molar-refractivity contribution in [1.29, 1.82) is 0 Å². The van der Waals surface area contributed by atoms with E-state index >= 15 is 0 Å². The zero-order valence-electron chi connectivity index (χ0n) is 22.2. The van der Waals surface area contributed by atoms with Gasteiger partial charge in [-0.2, -0.15) is 0 Å². The Labute approximate surface area is 244 Å². The predicted molar refractivity (Wildman–Crippen MR) is 161 cm³/mol. The highest BCUT2D eigenvalue weighted by Gasteiger charge is 2.49. The molecule has 0 saturated heterocycles. The molecule has 3 aromatic carbocycles. The van der Waals surface area contributed by atoms with Gasteiger partial charge in [-0.3, -0.25) is 24.2 Å². The molecule has 2 aliphatic heterocycles. The minimum Gasteiger partial charge on any atom is -0.494 e. The summed E-state index contributed by atoms with van der Waals surface area (Å²) >= 11 is 5.75. The lowest BCUT2D eigenvalue weighted by Gasteiger charge is -2.45. The van der Waals surface area contributed by atoms with Gasteiger partial charge in [0.05, 0.1) is 33.8 Å². The van der Waals surface area contributed by atoms with Crippen LogP contribution in [-0.4, -0.2) is 35.3 Å². The molecule has 0 radical (unpaired) electrons. The van der Waals surface area contributed by atoms with Crippen molar-refractivity contribution in [1.82, 2.24) is 4.90 Å². The van der Waals surface area contributed by atoms with E-state index in [0.29, 0.717) is 29.2 Å². The maximum absolute atomic E-state index is 14.9. The van der Waals surface area contributed by atoms with E-state index in [2.05, 4.69) is 0 Å². The molecular weight excluding hydrogens is 561 g/mol. The Morgan fingerprint density at radius 1 is 0.925 bits per heavy atom. The van der Waals surface area contributed by atoms with E-state index < -0.39 is 23.4 Å². The van der Waals surface area contributed by atoms with Gasteiger partial charge < -0.3 is 4.74 Å². The Bertz CT molecular complexity index is 1690. The molecule has 4 aromatic rings. The van der Waals surface area contributed by atoms with Crippen molar-refractivity contribution >= 4 is 56.3 Å². The molecule has 40 heavy (non-hydrogen) atoms. The van der Waals surface area contributed by atoms with Crippen molar-refractivity contribution < 1.29 is 19.1 Å². The number of anilines is 1. The van der Waals surface area contributed by atoms with Crippen molar-refractivity contribution in [3.63, 3.8) is 0 Å². The van der Waals surface area contributed by atoms with Crippen LogP contribution in [0.1, 0.15) is 51.9 Å². The van der Waals surface area contributed by atoms with Crippen molar-refractivity contribution in [2.75, 3.05) is 11.5 Å². The fourth-order valence-electron chi connectivity index (χ4n) is 5.63. The lowest BCUT2D eigenvalue weighted by atomic mass is 9.86. The van der Waals surface area contributed by atoms with Crippen molar-refractivity contribution in [2.24, 2.45) is 0 Å². The molecule has 0 unspecified atom stereocenters. The normalized spacial score (nSPS) is 15.9. The number of imide groups is 1. The van der Waals surface area contributed by atoms with Crippen molar-refractivity contribution in [2.45, 2.75) is 38.8 Å². The Hall–Kier alpha value is -3.66. The van der Waals surface area contributed by atoms with Crippen molar-refractivity contribution in [3.05, 3.63) is 98.2 Å².